The summed E-state index contributed by atoms with van der Waals surface area (Å²) in [5.74, 6) is -0.565. The maximum atomic E-state index is 15.0. The molecule has 5 atom stereocenters. The highest BCUT2D eigenvalue weighted by Gasteiger charge is 2.60. The summed E-state index contributed by atoms with van der Waals surface area (Å²) in [6, 6.07) is 13.9. The van der Waals surface area contributed by atoms with Crippen molar-refractivity contribution in [1.82, 2.24) is 10.2 Å². The second kappa shape index (κ2) is 10.1. The van der Waals surface area contributed by atoms with E-state index in [0.717, 1.165) is 18.4 Å². The molecule has 1 aliphatic carbocycles. The van der Waals surface area contributed by atoms with E-state index in [9.17, 15) is 23.5 Å². The second-order valence-corrected chi connectivity index (χ2v) is 10.3. The van der Waals surface area contributed by atoms with Gasteiger partial charge >= 0.3 is 12.1 Å². The van der Waals surface area contributed by atoms with Crippen LogP contribution in [-0.4, -0.2) is 58.3 Å². The molecule has 7 nitrogen and oxygen atoms in total. The van der Waals surface area contributed by atoms with Crippen LogP contribution in [0.4, 0.5) is 24.1 Å². The zero-order valence-electron chi connectivity index (χ0n) is 20.8. The fraction of sp³-hybridized carbons (Fsp3) is 0.464. The number of rotatable bonds is 4. The quantitative estimate of drug-likeness (QED) is 0.577. The minimum absolute atomic E-state index is 0.158. The Kier molecular flexibility index (Phi) is 6.88. The van der Waals surface area contributed by atoms with Gasteiger partial charge < -0.3 is 15.3 Å². The third-order valence-corrected chi connectivity index (χ3v) is 8.24. The summed E-state index contributed by atoms with van der Waals surface area (Å²) in [4.78, 5) is 33.1. The molecule has 3 aliphatic rings. The van der Waals surface area contributed by atoms with Crippen LogP contribution in [0.5, 0.6) is 0 Å². The topological polar surface area (TPSA) is 85.2 Å². The fourth-order valence-electron chi connectivity index (χ4n) is 6.40. The van der Waals surface area contributed by atoms with Crippen molar-refractivity contribution < 1.29 is 23.5 Å². The van der Waals surface area contributed by atoms with E-state index in [4.69, 9.17) is 0 Å². The van der Waals surface area contributed by atoms with Gasteiger partial charge in [0.15, 0.2) is 0 Å². The first-order chi connectivity index (χ1) is 17.8. The van der Waals surface area contributed by atoms with Gasteiger partial charge in [-0.05, 0) is 56.4 Å². The number of amidine groups is 1. The van der Waals surface area contributed by atoms with Crippen LogP contribution in [-0.2, 0) is 6.42 Å². The van der Waals surface area contributed by atoms with E-state index in [2.05, 4.69) is 10.3 Å². The number of piperidine rings is 1. The van der Waals surface area contributed by atoms with Crippen LogP contribution in [0.2, 0.25) is 0 Å². The van der Waals surface area contributed by atoms with E-state index in [1.54, 1.807) is 6.07 Å². The summed E-state index contributed by atoms with van der Waals surface area (Å²) < 4.78 is 29.4. The molecule has 0 aromatic heterocycles. The highest BCUT2D eigenvalue weighted by molar-refractivity contribution is 6.16. The molecular formula is C28H32F2N4O3. The summed E-state index contributed by atoms with van der Waals surface area (Å²) in [6.07, 6.45) is 1.33. The predicted octanol–water partition coefficient (Wildman–Crippen LogP) is 5.40. The predicted molar refractivity (Wildman–Crippen MR) is 137 cm³/mol. The maximum Gasteiger partial charge on any atom is 0.407 e. The Morgan fingerprint density at radius 1 is 1.16 bits per heavy atom. The number of hydrogen-bond acceptors (Lipinski definition) is 3. The van der Waals surface area contributed by atoms with Gasteiger partial charge in [-0.1, -0.05) is 49.2 Å². The van der Waals surface area contributed by atoms with Crippen LogP contribution in [0.3, 0.4) is 0 Å². The molecule has 2 fully saturated rings. The van der Waals surface area contributed by atoms with Gasteiger partial charge in [0.2, 0.25) is 0 Å². The molecule has 1 unspecified atom stereocenters. The van der Waals surface area contributed by atoms with E-state index in [0.29, 0.717) is 30.8 Å². The zero-order valence-corrected chi connectivity index (χ0v) is 20.8. The number of aliphatic imine (C=N–C) groups is 1. The Bertz CT molecular complexity index is 1190. The van der Waals surface area contributed by atoms with Gasteiger partial charge in [-0.3, -0.25) is 4.90 Å². The van der Waals surface area contributed by atoms with E-state index >= 15 is 0 Å². The lowest BCUT2D eigenvalue weighted by molar-refractivity contribution is 0.0620. The largest absolute Gasteiger partial charge is 0.465 e. The Hall–Kier alpha value is -3.49. The van der Waals surface area contributed by atoms with Gasteiger partial charge in [-0.2, -0.15) is 4.99 Å². The second-order valence-electron chi connectivity index (χ2n) is 10.3. The molecule has 5 rings (SSSR count). The van der Waals surface area contributed by atoms with Crippen LogP contribution >= 0.6 is 0 Å². The summed E-state index contributed by atoms with van der Waals surface area (Å²) in [7, 11) is 0. The van der Waals surface area contributed by atoms with Crippen LogP contribution in [0.1, 0.15) is 44.6 Å². The van der Waals surface area contributed by atoms with Crippen molar-refractivity contribution in [2.45, 2.75) is 69.2 Å². The average Bonchev–Trinajstić information content (AvgIpc) is 3.14. The Morgan fingerprint density at radius 3 is 2.62 bits per heavy atom. The summed E-state index contributed by atoms with van der Waals surface area (Å²) in [5.41, 5.74) is 0.230. The van der Waals surface area contributed by atoms with Gasteiger partial charge in [0.05, 0.1) is 6.04 Å². The number of nitrogens with one attached hydrogen (secondary N) is 1. The molecule has 1 saturated heterocycles. The van der Waals surface area contributed by atoms with Gasteiger partial charge in [0.1, 0.15) is 23.4 Å². The number of carbonyl (C=O) groups excluding carboxylic acids is 1. The lowest BCUT2D eigenvalue weighted by Crippen LogP contribution is -2.70. The molecule has 2 N–H and O–H groups in total. The highest BCUT2D eigenvalue weighted by atomic mass is 19.1. The third-order valence-electron chi connectivity index (χ3n) is 8.24. The van der Waals surface area contributed by atoms with E-state index < -0.39 is 47.7 Å². The average molecular weight is 511 g/mol. The summed E-state index contributed by atoms with van der Waals surface area (Å²) in [5, 5.41) is 13.3. The Labute approximate surface area is 215 Å². The summed E-state index contributed by atoms with van der Waals surface area (Å²) >= 11 is 0. The van der Waals surface area contributed by atoms with Crippen molar-refractivity contribution in [2.24, 2.45) is 10.9 Å². The van der Waals surface area contributed by atoms with Gasteiger partial charge in [0, 0.05) is 24.2 Å². The number of hydrogen-bond donors (Lipinski definition) is 2. The standard InChI is InChI=1S/C28H32F2N4O3/c1-18-22(16-19-8-3-2-4-9-19)28(14-15-33(18)27(36)37)25(31-24-13-6-5-12-23(24)30)32-26(35)34(28)21-11-7-10-20(29)17-21/h2-4,7-11,17-18,22-24H,5-6,12-16H2,1H3,(H,36,37)(H,31,32,35)/t18-,22?,23+,24+,28+/m0/s1. The molecule has 2 aromatic carbocycles. The maximum absolute atomic E-state index is 15.0. The molecule has 9 heteroatoms. The number of anilines is 1. The number of carbonyl (C=O) groups is 2. The van der Waals surface area contributed by atoms with E-state index in [-0.39, 0.29) is 13.0 Å². The van der Waals surface area contributed by atoms with Crippen molar-refractivity contribution in [3.8, 4) is 0 Å². The molecule has 3 amide bonds. The number of amides is 3. The third kappa shape index (κ3) is 4.55. The number of urea groups is 1. The number of likely N-dealkylation sites (tertiary alicyclic amines) is 1. The van der Waals surface area contributed by atoms with Crippen LogP contribution in [0.15, 0.2) is 59.6 Å². The van der Waals surface area contributed by atoms with Gasteiger partial charge in [-0.15, -0.1) is 0 Å². The Balaban J connectivity index is 1.64. The molecule has 0 radical (unpaired) electrons. The normalized spacial score (nSPS) is 29.9. The molecule has 1 saturated carbocycles. The SMILES string of the molecule is C[C@H]1C(Cc2ccccc2)[C@]2(CCN1C(=O)O)C(N[C@@H]1CCCC[C@H]1F)=NC(=O)N2c1cccc(F)c1. The molecule has 196 valence electrons. The molecular weight excluding hydrogens is 478 g/mol. The minimum atomic E-state index is -1.09. The minimum Gasteiger partial charge on any atom is -0.465 e. The van der Waals surface area contributed by atoms with Gasteiger partial charge in [0.25, 0.3) is 0 Å². The van der Waals surface area contributed by atoms with Crippen molar-refractivity contribution in [3.63, 3.8) is 0 Å². The lowest BCUT2D eigenvalue weighted by Gasteiger charge is -2.53. The fourth-order valence-corrected chi connectivity index (χ4v) is 6.40. The van der Waals surface area contributed by atoms with Crippen molar-refractivity contribution in [3.05, 3.63) is 66.0 Å². The summed E-state index contributed by atoms with van der Waals surface area (Å²) in [6.45, 7) is 2.00. The zero-order chi connectivity index (χ0) is 26.2. The number of carboxylic acid groups (broad SMARTS) is 1. The molecule has 2 aromatic rings. The first-order valence-corrected chi connectivity index (χ1v) is 12.9. The van der Waals surface area contributed by atoms with Crippen LogP contribution in [0, 0.1) is 11.7 Å². The van der Waals surface area contributed by atoms with Gasteiger partial charge in [-0.25, -0.2) is 18.4 Å². The van der Waals surface area contributed by atoms with E-state index in [1.807, 2.05) is 37.3 Å². The first-order valence-electron chi connectivity index (χ1n) is 12.9. The van der Waals surface area contributed by atoms with E-state index in [1.165, 1.54) is 28.0 Å². The highest BCUT2D eigenvalue weighted by Crippen LogP contribution is 2.46. The molecule has 2 heterocycles. The van der Waals surface area contributed by atoms with Crippen LogP contribution < -0.4 is 10.2 Å². The smallest absolute Gasteiger partial charge is 0.407 e. The monoisotopic (exact) mass is 510 g/mol. The first kappa shape index (κ1) is 25.2. The van der Waals surface area contributed by atoms with Crippen molar-refractivity contribution in [1.29, 1.82) is 0 Å². The van der Waals surface area contributed by atoms with Crippen LogP contribution in [0.25, 0.3) is 0 Å². The molecule has 37 heavy (non-hydrogen) atoms. The molecule has 1 spiro atoms. The number of halogens is 2. The van der Waals surface area contributed by atoms with Crippen molar-refractivity contribution in [2.75, 3.05) is 11.4 Å². The Morgan fingerprint density at radius 2 is 1.92 bits per heavy atom. The number of nitrogens with zero attached hydrogens (tertiary/aromatic N) is 3. The number of benzene rings is 2. The molecule has 2 aliphatic heterocycles. The van der Waals surface area contributed by atoms with Crippen molar-refractivity contribution >= 4 is 23.6 Å². The number of alkyl halides is 1. The lowest BCUT2D eigenvalue weighted by atomic mass is 9.69. The molecule has 0 bridgehead atoms.